The number of hydrogen-bond donors (Lipinski definition) is 1. The molecule has 3 nitrogen and oxygen atoms in total. The maximum Gasteiger partial charge on any atom is 0.0845 e. The molecule has 96 valence electrons. The van der Waals surface area contributed by atoms with Gasteiger partial charge in [-0.25, -0.2) is 0 Å². The summed E-state index contributed by atoms with van der Waals surface area (Å²) in [6.07, 6.45) is 0.0370. The molecule has 1 atom stereocenters. The number of halogens is 2. The van der Waals surface area contributed by atoms with Gasteiger partial charge >= 0.3 is 0 Å². The molecule has 0 aliphatic rings. The number of nitrogens with zero attached hydrogens (tertiary/aromatic N) is 2. The fourth-order valence-corrected chi connectivity index (χ4v) is 2.53. The fourth-order valence-electron chi connectivity index (χ4n) is 1.89. The van der Waals surface area contributed by atoms with Gasteiger partial charge in [-0.2, -0.15) is 5.10 Å². The number of aliphatic hydroxyl groups is 1. The van der Waals surface area contributed by atoms with Crippen LogP contribution in [0.2, 0.25) is 0 Å². The maximum absolute atomic E-state index is 10.2. The largest absolute Gasteiger partial charge is 0.388 e. The predicted octanol–water partition coefficient (Wildman–Crippen LogP) is 3.53. The van der Waals surface area contributed by atoms with Crippen molar-refractivity contribution in [2.24, 2.45) is 7.05 Å². The molecule has 2 aromatic rings. The Morgan fingerprint density at radius 3 is 2.56 bits per heavy atom. The zero-order chi connectivity index (χ0) is 13.3. The molecule has 0 radical (unpaired) electrons. The standard InChI is InChI=1S/C13H14Br2N2O/c1-8-5-10(17(2)16-8)7-13(18)9-3-4-11(14)12(15)6-9/h3-6,13,18H,7H2,1-2H3. The second-order valence-electron chi connectivity index (χ2n) is 4.29. The summed E-state index contributed by atoms with van der Waals surface area (Å²) < 4.78 is 3.74. The highest BCUT2D eigenvalue weighted by Crippen LogP contribution is 2.27. The van der Waals surface area contributed by atoms with Gasteiger partial charge in [-0.1, -0.05) is 6.07 Å². The molecule has 0 aliphatic carbocycles. The van der Waals surface area contributed by atoms with Crippen molar-refractivity contribution >= 4 is 31.9 Å². The van der Waals surface area contributed by atoms with Crippen molar-refractivity contribution in [1.82, 2.24) is 9.78 Å². The molecule has 1 N–H and O–H groups in total. The summed E-state index contributed by atoms with van der Waals surface area (Å²) in [5.41, 5.74) is 2.89. The van der Waals surface area contributed by atoms with Crippen molar-refractivity contribution in [1.29, 1.82) is 0 Å². The summed E-state index contributed by atoms with van der Waals surface area (Å²) >= 11 is 6.86. The summed E-state index contributed by atoms with van der Waals surface area (Å²) in [5.74, 6) is 0. The third kappa shape index (κ3) is 3.02. The monoisotopic (exact) mass is 372 g/mol. The number of benzene rings is 1. The Hall–Kier alpha value is -0.650. The van der Waals surface area contributed by atoms with E-state index in [4.69, 9.17) is 0 Å². The van der Waals surface area contributed by atoms with Crippen molar-refractivity contribution in [3.63, 3.8) is 0 Å². The minimum absolute atomic E-state index is 0.524. The lowest BCUT2D eigenvalue weighted by atomic mass is 10.0. The van der Waals surface area contributed by atoms with Gasteiger partial charge in [-0.05, 0) is 62.5 Å². The molecule has 18 heavy (non-hydrogen) atoms. The molecular formula is C13H14Br2N2O. The van der Waals surface area contributed by atoms with E-state index in [1.165, 1.54) is 0 Å². The van der Waals surface area contributed by atoms with Crippen LogP contribution >= 0.6 is 31.9 Å². The van der Waals surface area contributed by atoms with Gasteiger partial charge in [0.25, 0.3) is 0 Å². The smallest absolute Gasteiger partial charge is 0.0845 e. The van der Waals surface area contributed by atoms with Crippen LogP contribution in [0.4, 0.5) is 0 Å². The molecule has 0 spiro atoms. The van der Waals surface area contributed by atoms with Gasteiger partial charge in [0.05, 0.1) is 11.8 Å². The maximum atomic E-state index is 10.2. The van der Waals surface area contributed by atoms with Crippen molar-refractivity contribution in [3.05, 3.63) is 50.2 Å². The first-order valence-corrected chi connectivity index (χ1v) is 7.18. The van der Waals surface area contributed by atoms with Crippen molar-refractivity contribution in [3.8, 4) is 0 Å². The Morgan fingerprint density at radius 2 is 2.00 bits per heavy atom. The second-order valence-corrected chi connectivity index (χ2v) is 6.00. The predicted molar refractivity (Wildman–Crippen MR) is 78.5 cm³/mol. The van der Waals surface area contributed by atoms with Crippen LogP contribution in [-0.2, 0) is 13.5 Å². The van der Waals surface area contributed by atoms with Crippen LogP contribution in [-0.4, -0.2) is 14.9 Å². The second kappa shape index (κ2) is 5.55. The molecule has 0 saturated carbocycles. The van der Waals surface area contributed by atoms with Crippen molar-refractivity contribution in [2.75, 3.05) is 0 Å². The quantitative estimate of drug-likeness (QED) is 0.893. The summed E-state index contributed by atoms with van der Waals surface area (Å²) in [4.78, 5) is 0. The lowest BCUT2D eigenvalue weighted by Crippen LogP contribution is -2.06. The molecule has 1 aromatic heterocycles. The Morgan fingerprint density at radius 1 is 1.28 bits per heavy atom. The Balaban J connectivity index is 2.19. The van der Waals surface area contributed by atoms with Gasteiger partial charge in [0.2, 0.25) is 0 Å². The number of hydrogen-bond acceptors (Lipinski definition) is 2. The minimum atomic E-state index is -0.524. The van der Waals surface area contributed by atoms with E-state index in [0.717, 1.165) is 25.9 Å². The van der Waals surface area contributed by atoms with Crippen LogP contribution in [0, 0.1) is 6.92 Å². The minimum Gasteiger partial charge on any atom is -0.388 e. The molecule has 2 rings (SSSR count). The molecule has 0 fully saturated rings. The van der Waals surface area contributed by atoms with Crippen molar-refractivity contribution in [2.45, 2.75) is 19.4 Å². The average Bonchev–Trinajstić information content (AvgIpc) is 2.61. The molecule has 1 aromatic carbocycles. The van der Waals surface area contributed by atoms with Gasteiger partial charge in [0.15, 0.2) is 0 Å². The molecular weight excluding hydrogens is 360 g/mol. The zero-order valence-corrected chi connectivity index (χ0v) is 13.4. The number of aryl methyl sites for hydroxylation is 2. The highest BCUT2D eigenvalue weighted by atomic mass is 79.9. The van der Waals surface area contributed by atoms with E-state index in [0.29, 0.717) is 6.42 Å². The van der Waals surface area contributed by atoms with E-state index in [9.17, 15) is 5.11 Å². The highest BCUT2D eigenvalue weighted by Gasteiger charge is 2.13. The van der Waals surface area contributed by atoms with Gasteiger partial charge in [-0.3, -0.25) is 4.68 Å². The molecule has 1 heterocycles. The van der Waals surface area contributed by atoms with E-state index in [-0.39, 0.29) is 0 Å². The highest BCUT2D eigenvalue weighted by molar-refractivity contribution is 9.13. The number of aliphatic hydroxyl groups excluding tert-OH is 1. The van der Waals surface area contributed by atoms with Crippen LogP contribution in [0.5, 0.6) is 0 Å². The molecule has 5 heteroatoms. The third-order valence-corrected chi connectivity index (χ3v) is 4.71. The SMILES string of the molecule is Cc1cc(CC(O)c2ccc(Br)c(Br)c2)n(C)n1. The van der Waals surface area contributed by atoms with E-state index in [1.54, 1.807) is 0 Å². The van der Waals surface area contributed by atoms with Crippen LogP contribution in [0.15, 0.2) is 33.2 Å². The average molecular weight is 374 g/mol. The van der Waals surface area contributed by atoms with Crippen molar-refractivity contribution < 1.29 is 5.11 Å². The molecule has 1 unspecified atom stereocenters. The van der Waals surface area contributed by atoms with E-state index in [1.807, 2.05) is 42.9 Å². The Bertz CT molecular complexity index is 566. The zero-order valence-electron chi connectivity index (χ0n) is 10.2. The Kier molecular flexibility index (Phi) is 4.25. The van der Waals surface area contributed by atoms with Gasteiger partial charge < -0.3 is 5.11 Å². The van der Waals surface area contributed by atoms with Crippen LogP contribution < -0.4 is 0 Å². The first kappa shape index (κ1) is 13.8. The summed E-state index contributed by atoms with van der Waals surface area (Å²) in [7, 11) is 1.90. The van der Waals surface area contributed by atoms with Gasteiger partial charge in [-0.15, -0.1) is 0 Å². The first-order chi connectivity index (χ1) is 8.47. The summed E-state index contributed by atoms with van der Waals surface area (Å²) in [6, 6.07) is 7.77. The van der Waals surface area contributed by atoms with E-state index in [2.05, 4.69) is 37.0 Å². The van der Waals surface area contributed by atoms with E-state index >= 15 is 0 Å². The molecule has 0 amide bonds. The topological polar surface area (TPSA) is 38.0 Å². The van der Waals surface area contributed by atoms with Gasteiger partial charge in [0.1, 0.15) is 0 Å². The lowest BCUT2D eigenvalue weighted by Gasteiger charge is -2.12. The van der Waals surface area contributed by atoms with Crippen LogP contribution in [0.25, 0.3) is 0 Å². The molecule has 0 saturated heterocycles. The number of aromatic nitrogens is 2. The summed E-state index contributed by atoms with van der Waals surface area (Å²) in [5, 5.41) is 14.5. The first-order valence-electron chi connectivity index (χ1n) is 5.60. The van der Waals surface area contributed by atoms with E-state index < -0.39 is 6.10 Å². The molecule has 0 bridgehead atoms. The van der Waals surface area contributed by atoms with Crippen LogP contribution in [0.3, 0.4) is 0 Å². The fraction of sp³-hybridized carbons (Fsp3) is 0.308. The normalized spacial score (nSPS) is 12.7. The summed E-state index contributed by atoms with van der Waals surface area (Å²) in [6.45, 7) is 1.95. The number of rotatable bonds is 3. The third-order valence-electron chi connectivity index (χ3n) is 2.83. The van der Waals surface area contributed by atoms with Gasteiger partial charge in [0, 0.05) is 28.1 Å². The lowest BCUT2D eigenvalue weighted by molar-refractivity contribution is 0.175. The van der Waals surface area contributed by atoms with Crippen LogP contribution in [0.1, 0.15) is 23.1 Å². The Labute approximate surface area is 123 Å². The molecule has 0 aliphatic heterocycles.